The fourth-order valence-electron chi connectivity index (χ4n) is 1.54. The number of hydrogen-bond donors (Lipinski definition) is 3. The van der Waals surface area contributed by atoms with Gasteiger partial charge in [0.2, 0.25) is 0 Å². The average Bonchev–Trinajstić information content (AvgIpc) is 2.34. The Hall–Kier alpha value is -1.07. The number of rotatable bonds is 5. The molecule has 2 amide bonds. The summed E-state index contributed by atoms with van der Waals surface area (Å²) in [6.45, 7) is 2.22. The van der Waals surface area contributed by atoms with Crippen LogP contribution in [0.5, 0.6) is 0 Å². The van der Waals surface area contributed by atoms with Crippen LogP contribution < -0.4 is 10.6 Å². The Labute approximate surface area is 110 Å². The number of halogens is 1. The zero-order chi connectivity index (χ0) is 12.7. The van der Waals surface area contributed by atoms with Gasteiger partial charge in [0, 0.05) is 11.0 Å². The van der Waals surface area contributed by atoms with Gasteiger partial charge in [-0.05, 0) is 18.1 Å². The summed E-state index contributed by atoms with van der Waals surface area (Å²) in [7, 11) is 0. The zero-order valence-corrected chi connectivity index (χ0v) is 11.3. The molecule has 0 aliphatic rings. The average molecular weight is 301 g/mol. The van der Waals surface area contributed by atoms with Crippen LogP contribution in [0.2, 0.25) is 0 Å². The molecule has 1 aromatic carbocycles. The maximum Gasteiger partial charge on any atom is 0.315 e. The Bertz CT molecular complexity index is 371. The normalized spacial score (nSPS) is 11.9. The molecule has 4 nitrogen and oxygen atoms in total. The second-order valence-electron chi connectivity index (χ2n) is 3.61. The number of urea groups is 1. The molecule has 0 heterocycles. The van der Waals surface area contributed by atoms with Gasteiger partial charge in [0.1, 0.15) is 0 Å². The van der Waals surface area contributed by atoms with Gasteiger partial charge in [0.25, 0.3) is 0 Å². The SMILES string of the molecule is CCC(NC(=O)NCCO)c1ccccc1Br. The molecular weight excluding hydrogens is 284 g/mol. The minimum absolute atomic E-state index is 0.0377. The van der Waals surface area contributed by atoms with Crippen molar-refractivity contribution in [1.82, 2.24) is 10.6 Å². The topological polar surface area (TPSA) is 61.4 Å². The molecule has 17 heavy (non-hydrogen) atoms. The number of nitrogens with one attached hydrogen (secondary N) is 2. The van der Waals surface area contributed by atoms with Gasteiger partial charge in [-0.25, -0.2) is 4.79 Å². The van der Waals surface area contributed by atoms with Crippen molar-refractivity contribution in [3.8, 4) is 0 Å². The van der Waals surface area contributed by atoms with Crippen LogP contribution in [0.1, 0.15) is 24.9 Å². The predicted molar refractivity (Wildman–Crippen MR) is 70.8 cm³/mol. The van der Waals surface area contributed by atoms with Crippen molar-refractivity contribution in [3.63, 3.8) is 0 Å². The largest absolute Gasteiger partial charge is 0.395 e. The summed E-state index contributed by atoms with van der Waals surface area (Å²) >= 11 is 3.47. The van der Waals surface area contributed by atoms with Gasteiger partial charge in [-0.3, -0.25) is 0 Å². The van der Waals surface area contributed by atoms with E-state index in [0.717, 1.165) is 16.5 Å². The number of amides is 2. The fraction of sp³-hybridized carbons (Fsp3) is 0.417. The lowest BCUT2D eigenvalue weighted by Crippen LogP contribution is -2.39. The highest BCUT2D eigenvalue weighted by Crippen LogP contribution is 2.24. The van der Waals surface area contributed by atoms with Crippen molar-refractivity contribution in [3.05, 3.63) is 34.3 Å². The molecule has 1 rings (SSSR count). The Morgan fingerprint density at radius 1 is 1.47 bits per heavy atom. The molecule has 1 aromatic rings. The number of hydrogen-bond acceptors (Lipinski definition) is 2. The third-order valence-corrected chi connectivity index (χ3v) is 3.11. The van der Waals surface area contributed by atoms with E-state index in [9.17, 15) is 4.79 Å². The molecule has 0 saturated carbocycles. The summed E-state index contributed by atoms with van der Waals surface area (Å²) < 4.78 is 0.981. The van der Waals surface area contributed by atoms with Crippen molar-refractivity contribution in [2.75, 3.05) is 13.2 Å². The molecule has 0 radical (unpaired) electrons. The number of benzene rings is 1. The van der Waals surface area contributed by atoms with Gasteiger partial charge in [0.15, 0.2) is 0 Å². The third kappa shape index (κ3) is 4.36. The molecular formula is C12H17BrN2O2. The van der Waals surface area contributed by atoms with E-state index in [1.807, 2.05) is 31.2 Å². The molecule has 3 N–H and O–H groups in total. The summed E-state index contributed by atoms with van der Waals surface area (Å²) in [4.78, 5) is 11.5. The van der Waals surface area contributed by atoms with Crippen molar-refractivity contribution in [2.24, 2.45) is 0 Å². The molecule has 0 aromatic heterocycles. The van der Waals surface area contributed by atoms with Crippen LogP contribution in [0.25, 0.3) is 0 Å². The maximum atomic E-state index is 11.5. The predicted octanol–water partition coefficient (Wildman–Crippen LogP) is 2.19. The first-order valence-electron chi connectivity index (χ1n) is 5.58. The van der Waals surface area contributed by atoms with Gasteiger partial charge in [-0.1, -0.05) is 41.1 Å². The first-order valence-corrected chi connectivity index (χ1v) is 6.38. The van der Waals surface area contributed by atoms with Crippen LogP contribution in [0.15, 0.2) is 28.7 Å². The molecule has 5 heteroatoms. The van der Waals surface area contributed by atoms with Gasteiger partial charge in [0.05, 0.1) is 12.6 Å². The van der Waals surface area contributed by atoms with Crippen molar-refractivity contribution in [1.29, 1.82) is 0 Å². The van der Waals surface area contributed by atoms with Crippen molar-refractivity contribution in [2.45, 2.75) is 19.4 Å². The highest BCUT2D eigenvalue weighted by atomic mass is 79.9. The van der Waals surface area contributed by atoms with Crippen LogP contribution in [0.4, 0.5) is 4.79 Å². The lowest BCUT2D eigenvalue weighted by Gasteiger charge is -2.19. The first-order chi connectivity index (χ1) is 8.19. The van der Waals surface area contributed by atoms with E-state index < -0.39 is 0 Å². The molecule has 94 valence electrons. The van der Waals surface area contributed by atoms with Crippen molar-refractivity contribution >= 4 is 22.0 Å². The zero-order valence-electron chi connectivity index (χ0n) is 9.74. The summed E-state index contributed by atoms with van der Waals surface area (Å²) in [5.41, 5.74) is 1.05. The highest BCUT2D eigenvalue weighted by molar-refractivity contribution is 9.10. The van der Waals surface area contributed by atoms with Crippen LogP contribution in [-0.4, -0.2) is 24.3 Å². The van der Waals surface area contributed by atoms with E-state index in [0.29, 0.717) is 0 Å². The Morgan fingerprint density at radius 3 is 2.76 bits per heavy atom. The molecule has 0 fully saturated rings. The van der Waals surface area contributed by atoms with E-state index in [4.69, 9.17) is 5.11 Å². The summed E-state index contributed by atoms with van der Waals surface area (Å²) in [5, 5.41) is 14.1. The van der Waals surface area contributed by atoms with Gasteiger partial charge in [-0.15, -0.1) is 0 Å². The molecule has 0 spiro atoms. The molecule has 0 bridgehead atoms. The monoisotopic (exact) mass is 300 g/mol. The van der Waals surface area contributed by atoms with Crippen LogP contribution >= 0.6 is 15.9 Å². The summed E-state index contributed by atoms with van der Waals surface area (Å²) in [6, 6.07) is 7.50. The Morgan fingerprint density at radius 2 is 2.18 bits per heavy atom. The molecule has 1 atom stereocenters. The second-order valence-corrected chi connectivity index (χ2v) is 4.46. The molecule has 0 aliphatic carbocycles. The fourth-order valence-corrected chi connectivity index (χ4v) is 2.10. The number of carbonyl (C=O) groups is 1. The number of aliphatic hydroxyl groups is 1. The van der Waals surface area contributed by atoms with E-state index in [2.05, 4.69) is 26.6 Å². The van der Waals surface area contributed by atoms with E-state index in [1.165, 1.54) is 0 Å². The Balaban J connectivity index is 2.66. The lowest BCUT2D eigenvalue weighted by molar-refractivity contribution is 0.230. The van der Waals surface area contributed by atoms with E-state index >= 15 is 0 Å². The maximum absolute atomic E-state index is 11.5. The van der Waals surface area contributed by atoms with E-state index in [-0.39, 0.29) is 25.2 Å². The van der Waals surface area contributed by atoms with E-state index in [1.54, 1.807) is 0 Å². The Kier molecular flexibility index (Phi) is 6.00. The quantitative estimate of drug-likeness (QED) is 0.780. The third-order valence-electron chi connectivity index (χ3n) is 2.39. The minimum Gasteiger partial charge on any atom is -0.395 e. The van der Waals surface area contributed by atoms with Gasteiger partial charge in [-0.2, -0.15) is 0 Å². The summed E-state index contributed by atoms with van der Waals surface area (Å²) in [6.07, 6.45) is 0.801. The minimum atomic E-state index is -0.262. The number of aliphatic hydroxyl groups excluding tert-OH is 1. The van der Waals surface area contributed by atoms with Crippen molar-refractivity contribution < 1.29 is 9.90 Å². The molecule has 1 unspecified atom stereocenters. The number of carbonyl (C=O) groups excluding carboxylic acids is 1. The van der Waals surface area contributed by atoms with Crippen LogP contribution in [0.3, 0.4) is 0 Å². The van der Waals surface area contributed by atoms with Crippen LogP contribution in [0, 0.1) is 0 Å². The lowest BCUT2D eigenvalue weighted by atomic mass is 10.1. The molecule has 0 saturated heterocycles. The highest BCUT2D eigenvalue weighted by Gasteiger charge is 2.14. The van der Waals surface area contributed by atoms with Gasteiger partial charge >= 0.3 is 6.03 Å². The second kappa shape index (κ2) is 7.29. The molecule has 0 aliphatic heterocycles. The first kappa shape index (κ1) is 14.0. The summed E-state index contributed by atoms with van der Waals surface area (Å²) in [5.74, 6) is 0. The standard InChI is InChI=1S/C12H17BrN2O2/c1-2-11(15-12(17)14-7-8-16)9-5-3-4-6-10(9)13/h3-6,11,16H,2,7-8H2,1H3,(H2,14,15,17). The van der Waals surface area contributed by atoms with Gasteiger partial charge < -0.3 is 15.7 Å². The van der Waals surface area contributed by atoms with Crippen LogP contribution in [-0.2, 0) is 0 Å². The smallest absolute Gasteiger partial charge is 0.315 e.